The maximum atomic E-state index is 9.70. The maximum Gasteiger partial charge on any atom is 0.0957 e. The maximum absolute atomic E-state index is 9.70. The van der Waals surface area contributed by atoms with Crippen LogP contribution in [0.3, 0.4) is 0 Å². The molecular weight excluding hydrogens is 228 g/mol. The lowest BCUT2D eigenvalue weighted by Crippen LogP contribution is -2.32. The third-order valence-electron chi connectivity index (χ3n) is 3.01. The standard InChI is InChI=1S/C14H24N2O2/c1-4-14(18)13-7-6-12(10-15-13)16(11(2)3)8-5-9-17/h6-7,10-11,14,17-18H,4-5,8-9H2,1-3H3. The van der Waals surface area contributed by atoms with Crippen molar-refractivity contribution in [3.05, 3.63) is 24.0 Å². The van der Waals surface area contributed by atoms with E-state index in [2.05, 4.69) is 23.7 Å². The Balaban J connectivity index is 2.80. The molecule has 1 atom stereocenters. The fraction of sp³-hybridized carbons (Fsp3) is 0.643. The molecule has 0 bridgehead atoms. The largest absolute Gasteiger partial charge is 0.396 e. The highest BCUT2D eigenvalue weighted by Crippen LogP contribution is 2.20. The first-order valence-electron chi connectivity index (χ1n) is 6.61. The van der Waals surface area contributed by atoms with Gasteiger partial charge in [-0.3, -0.25) is 4.98 Å². The molecule has 0 radical (unpaired) electrons. The number of anilines is 1. The number of hydrogen-bond donors (Lipinski definition) is 2. The van der Waals surface area contributed by atoms with E-state index in [4.69, 9.17) is 5.11 Å². The molecule has 1 heterocycles. The monoisotopic (exact) mass is 252 g/mol. The Morgan fingerprint density at radius 2 is 2.06 bits per heavy atom. The normalized spacial score (nSPS) is 12.8. The topological polar surface area (TPSA) is 56.6 Å². The molecule has 0 saturated heterocycles. The van der Waals surface area contributed by atoms with Crippen molar-refractivity contribution in [2.24, 2.45) is 0 Å². The van der Waals surface area contributed by atoms with Gasteiger partial charge in [0.1, 0.15) is 0 Å². The summed E-state index contributed by atoms with van der Waals surface area (Å²) in [6.45, 7) is 7.18. The van der Waals surface area contributed by atoms with Gasteiger partial charge in [0, 0.05) is 19.2 Å². The molecule has 0 aliphatic carbocycles. The van der Waals surface area contributed by atoms with E-state index in [0.29, 0.717) is 18.2 Å². The number of pyridine rings is 1. The minimum atomic E-state index is -0.482. The minimum Gasteiger partial charge on any atom is -0.396 e. The average Bonchev–Trinajstić information content (AvgIpc) is 2.38. The zero-order valence-corrected chi connectivity index (χ0v) is 11.5. The van der Waals surface area contributed by atoms with Gasteiger partial charge in [0.05, 0.1) is 23.7 Å². The summed E-state index contributed by atoms with van der Waals surface area (Å²) >= 11 is 0. The van der Waals surface area contributed by atoms with Gasteiger partial charge in [-0.15, -0.1) is 0 Å². The molecule has 0 aromatic carbocycles. The molecule has 18 heavy (non-hydrogen) atoms. The van der Waals surface area contributed by atoms with E-state index in [1.165, 1.54) is 0 Å². The number of hydrogen-bond acceptors (Lipinski definition) is 4. The summed E-state index contributed by atoms with van der Waals surface area (Å²) in [4.78, 5) is 6.51. The molecule has 0 amide bonds. The van der Waals surface area contributed by atoms with E-state index >= 15 is 0 Å². The summed E-state index contributed by atoms with van der Waals surface area (Å²) in [5.41, 5.74) is 1.75. The molecule has 1 aromatic rings. The summed E-state index contributed by atoms with van der Waals surface area (Å²) in [7, 11) is 0. The molecule has 0 saturated carbocycles. The zero-order valence-electron chi connectivity index (χ0n) is 11.5. The SMILES string of the molecule is CCC(O)c1ccc(N(CCCO)C(C)C)cn1. The van der Waals surface area contributed by atoms with Gasteiger partial charge in [0.2, 0.25) is 0 Å². The average molecular weight is 252 g/mol. The van der Waals surface area contributed by atoms with Crippen LogP contribution in [0, 0.1) is 0 Å². The highest BCUT2D eigenvalue weighted by atomic mass is 16.3. The van der Waals surface area contributed by atoms with Crippen molar-refractivity contribution in [2.75, 3.05) is 18.1 Å². The lowest BCUT2D eigenvalue weighted by molar-refractivity contribution is 0.169. The van der Waals surface area contributed by atoms with Crippen LogP contribution in [0.15, 0.2) is 18.3 Å². The lowest BCUT2D eigenvalue weighted by Gasteiger charge is -2.28. The summed E-state index contributed by atoms with van der Waals surface area (Å²) in [5.74, 6) is 0. The molecule has 1 unspecified atom stereocenters. The van der Waals surface area contributed by atoms with Crippen LogP contribution in [0.25, 0.3) is 0 Å². The molecule has 1 aromatic heterocycles. The molecule has 0 fully saturated rings. The van der Waals surface area contributed by atoms with Crippen LogP contribution in [0.2, 0.25) is 0 Å². The molecule has 4 nitrogen and oxygen atoms in total. The van der Waals surface area contributed by atoms with E-state index in [1.54, 1.807) is 6.20 Å². The Morgan fingerprint density at radius 3 is 2.50 bits per heavy atom. The predicted molar refractivity (Wildman–Crippen MR) is 73.7 cm³/mol. The quantitative estimate of drug-likeness (QED) is 0.780. The number of aromatic nitrogens is 1. The Bertz CT molecular complexity index is 338. The van der Waals surface area contributed by atoms with Crippen LogP contribution < -0.4 is 4.90 Å². The molecule has 102 valence electrons. The number of nitrogens with zero attached hydrogens (tertiary/aromatic N) is 2. The van der Waals surface area contributed by atoms with Crippen LogP contribution in [0.5, 0.6) is 0 Å². The van der Waals surface area contributed by atoms with Crippen molar-refractivity contribution < 1.29 is 10.2 Å². The Hall–Kier alpha value is -1.13. The second kappa shape index (κ2) is 7.34. The molecule has 4 heteroatoms. The van der Waals surface area contributed by atoms with Crippen molar-refractivity contribution >= 4 is 5.69 Å². The van der Waals surface area contributed by atoms with Crippen molar-refractivity contribution in [3.8, 4) is 0 Å². The van der Waals surface area contributed by atoms with Gasteiger partial charge in [-0.1, -0.05) is 6.92 Å². The molecule has 0 aliphatic heterocycles. The Labute approximate surface area is 109 Å². The fourth-order valence-corrected chi connectivity index (χ4v) is 1.90. The van der Waals surface area contributed by atoms with E-state index in [1.807, 2.05) is 19.1 Å². The third-order valence-corrected chi connectivity index (χ3v) is 3.01. The number of rotatable bonds is 7. The van der Waals surface area contributed by atoms with Gasteiger partial charge in [-0.05, 0) is 38.8 Å². The second-order valence-electron chi connectivity index (χ2n) is 4.73. The minimum absolute atomic E-state index is 0.198. The Morgan fingerprint density at radius 1 is 1.33 bits per heavy atom. The van der Waals surface area contributed by atoms with E-state index in [0.717, 1.165) is 18.7 Å². The van der Waals surface area contributed by atoms with Gasteiger partial charge in [0.15, 0.2) is 0 Å². The Kier molecular flexibility index (Phi) is 6.09. The first-order chi connectivity index (χ1) is 8.60. The van der Waals surface area contributed by atoms with E-state index in [9.17, 15) is 5.11 Å². The molecular formula is C14H24N2O2. The highest BCUT2D eigenvalue weighted by Gasteiger charge is 2.12. The van der Waals surface area contributed by atoms with Crippen molar-refractivity contribution in [1.29, 1.82) is 0 Å². The smallest absolute Gasteiger partial charge is 0.0957 e. The lowest BCUT2D eigenvalue weighted by atomic mass is 10.1. The first kappa shape index (κ1) is 14.9. The van der Waals surface area contributed by atoms with Gasteiger partial charge < -0.3 is 15.1 Å². The van der Waals surface area contributed by atoms with Crippen molar-refractivity contribution in [2.45, 2.75) is 45.8 Å². The van der Waals surface area contributed by atoms with Gasteiger partial charge >= 0.3 is 0 Å². The molecule has 0 spiro atoms. The van der Waals surface area contributed by atoms with Crippen LogP contribution in [-0.4, -0.2) is 34.4 Å². The predicted octanol–water partition coefficient (Wildman–Crippen LogP) is 2.12. The van der Waals surface area contributed by atoms with Crippen LogP contribution in [0.4, 0.5) is 5.69 Å². The van der Waals surface area contributed by atoms with E-state index < -0.39 is 6.10 Å². The zero-order chi connectivity index (χ0) is 13.5. The van der Waals surface area contributed by atoms with Gasteiger partial charge in [-0.25, -0.2) is 0 Å². The highest BCUT2D eigenvalue weighted by molar-refractivity contribution is 5.45. The third kappa shape index (κ3) is 3.96. The fourth-order valence-electron chi connectivity index (χ4n) is 1.90. The van der Waals surface area contributed by atoms with Gasteiger partial charge in [-0.2, -0.15) is 0 Å². The molecule has 0 aliphatic rings. The first-order valence-corrected chi connectivity index (χ1v) is 6.61. The van der Waals surface area contributed by atoms with Crippen LogP contribution >= 0.6 is 0 Å². The summed E-state index contributed by atoms with van der Waals surface area (Å²) in [6, 6.07) is 4.22. The van der Waals surface area contributed by atoms with Crippen molar-refractivity contribution in [1.82, 2.24) is 4.98 Å². The van der Waals surface area contributed by atoms with Crippen molar-refractivity contribution in [3.63, 3.8) is 0 Å². The molecule has 1 rings (SSSR count). The number of aliphatic hydroxyl groups excluding tert-OH is 2. The second-order valence-corrected chi connectivity index (χ2v) is 4.73. The van der Waals surface area contributed by atoms with Gasteiger partial charge in [0.25, 0.3) is 0 Å². The van der Waals surface area contributed by atoms with Crippen LogP contribution in [0.1, 0.15) is 45.4 Å². The summed E-state index contributed by atoms with van der Waals surface area (Å²) in [6.07, 6.45) is 2.73. The van der Waals surface area contributed by atoms with Crippen LogP contribution in [-0.2, 0) is 0 Å². The molecule has 2 N–H and O–H groups in total. The van der Waals surface area contributed by atoms with E-state index in [-0.39, 0.29) is 6.61 Å². The summed E-state index contributed by atoms with van der Waals surface area (Å²) in [5, 5.41) is 18.6. The summed E-state index contributed by atoms with van der Waals surface area (Å²) < 4.78 is 0. The number of aliphatic hydroxyl groups is 2.